The molecule has 1 aromatic rings. The van der Waals surface area contributed by atoms with Crippen LogP contribution in [-0.4, -0.2) is 55.7 Å². The van der Waals surface area contributed by atoms with Crippen molar-refractivity contribution in [2.75, 3.05) is 31.3 Å². The summed E-state index contributed by atoms with van der Waals surface area (Å²) in [5, 5.41) is 11.0. The fourth-order valence-electron chi connectivity index (χ4n) is 1.50. The first kappa shape index (κ1) is 17.9. The summed E-state index contributed by atoms with van der Waals surface area (Å²) < 4.78 is 29.0. The van der Waals surface area contributed by atoms with E-state index in [1.165, 1.54) is 38.2 Å². The Bertz CT molecular complexity index is 626. The topological polar surface area (TPSA) is 113 Å². The molecule has 0 radical (unpaired) electrons. The molecule has 2 N–H and O–H groups in total. The van der Waals surface area contributed by atoms with Gasteiger partial charge in [0.15, 0.2) is 6.61 Å². The van der Waals surface area contributed by atoms with Crippen LogP contribution in [-0.2, 0) is 19.6 Å². The second kappa shape index (κ2) is 7.76. The van der Waals surface area contributed by atoms with Crippen LogP contribution in [0.5, 0.6) is 5.75 Å². The minimum atomic E-state index is -3.41. The number of amides is 1. The van der Waals surface area contributed by atoms with Gasteiger partial charge in [-0.05, 0) is 31.2 Å². The lowest BCUT2D eigenvalue weighted by Crippen LogP contribution is -2.35. The van der Waals surface area contributed by atoms with Crippen molar-refractivity contribution in [3.63, 3.8) is 0 Å². The van der Waals surface area contributed by atoms with Crippen molar-refractivity contribution >= 4 is 27.6 Å². The van der Waals surface area contributed by atoms with Crippen LogP contribution in [0, 0.1) is 0 Å². The maximum Gasteiger partial charge on any atom is 0.341 e. The number of rotatable bonds is 8. The molecular weight excluding hydrogens is 312 g/mol. The third-order valence-electron chi connectivity index (χ3n) is 2.71. The monoisotopic (exact) mass is 330 g/mol. The van der Waals surface area contributed by atoms with E-state index >= 15 is 0 Å². The fourth-order valence-corrected chi connectivity index (χ4v) is 2.26. The Balaban J connectivity index is 2.56. The van der Waals surface area contributed by atoms with E-state index in [4.69, 9.17) is 9.84 Å². The first-order chi connectivity index (χ1) is 10.2. The van der Waals surface area contributed by atoms with Gasteiger partial charge in [0, 0.05) is 12.7 Å². The van der Waals surface area contributed by atoms with Gasteiger partial charge < -0.3 is 15.2 Å². The maximum absolute atomic E-state index is 11.8. The number of anilines is 1. The van der Waals surface area contributed by atoms with Crippen molar-refractivity contribution in [3.05, 3.63) is 24.3 Å². The predicted molar refractivity (Wildman–Crippen MR) is 80.3 cm³/mol. The van der Waals surface area contributed by atoms with Gasteiger partial charge in [0.25, 0.3) is 0 Å². The zero-order valence-electron chi connectivity index (χ0n) is 12.3. The minimum Gasteiger partial charge on any atom is -0.482 e. The molecule has 9 heteroatoms. The Morgan fingerprint density at radius 3 is 2.36 bits per heavy atom. The number of benzene rings is 1. The highest BCUT2D eigenvalue weighted by Gasteiger charge is 2.18. The van der Waals surface area contributed by atoms with E-state index in [-0.39, 0.29) is 12.3 Å². The highest BCUT2D eigenvalue weighted by atomic mass is 32.2. The van der Waals surface area contributed by atoms with Gasteiger partial charge in [-0.15, -0.1) is 0 Å². The zero-order chi connectivity index (χ0) is 16.8. The van der Waals surface area contributed by atoms with Crippen molar-refractivity contribution in [3.8, 4) is 5.75 Å². The highest BCUT2D eigenvalue weighted by molar-refractivity contribution is 7.89. The number of hydrogen-bond acceptors (Lipinski definition) is 5. The number of carbonyl (C=O) groups excluding carboxylic acids is 1. The molecule has 0 saturated carbocycles. The molecule has 0 bridgehead atoms. The van der Waals surface area contributed by atoms with Gasteiger partial charge in [-0.1, -0.05) is 0 Å². The van der Waals surface area contributed by atoms with Crippen molar-refractivity contribution in [2.24, 2.45) is 0 Å². The molecule has 8 nitrogen and oxygen atoms in total. The highest BCUT2D eigenvalue weighted by Crippen LogP contribution is 2.15. The number of carboxylic acids is 1. The number of carbonyl (C=O) groups is 2. The van der Waals surface area contributed by atoms with Crippen LogP contribution in [0.3, 0.4) is 0 Å². The molecule has 1 rings (SSSR count). The maximum atomic E-state index is 11.8. The Morgan fingerprint density at radius 1 is 1.27 bits per heavy atom. The lowest BCUT2D eigenvalue weighted by Gasteiger charge is -2.15. The summed E-state index contributed by atoms with van der Waals surface area (Å²) in [5.74, 6) is -1.28. The van der Waals surface area contributed by atoms with Crippen LogP contribution in [0.1, 0.15) is 6.92 Å². The number of hydrogen-bond donors (Lipinski definition) is 2. The van der Waals surface area contributed by atoms with E-state index in [9.17, 15) is 18.0 Å². The Labute approximate surface area is 128 Å². The normalized spacial score (nSPS) is 11.2. The molecule has 0 heterocycles. The molecule has 1 amide bonds. The van der Waals surface area contributed by atoms with Crippen molar-refractivity contribution in [1.29, 1.82) is 0 Å². The Hall–Kier alpha value is -2.13. The first-order valence-electron chi connectivity index (χ1n) is 6.43. The summed E-state index contributed by atoms with van der Waals surface area (Å²) in [4.78, 5) is 22.1. The number of ether oxygens (including phenoxy) is 1. The molecular formula is C13H18N2O6S. The lowest BCUT2D eigenvalue weighted by atomic mass is 10.3. The van der Waals surface area contributed by atoms with Crippen LogP contribution in [0.2, 0.25) is 0 Å². The number of carboxylic acid groups (broad SMARTS) is 1. The molecule has 0 atom stereocenters. The smallest absolute Gasteiger partial charge is 0.341 e. The predicted octanol–water partition coefficient (Wildman–Crippen LogP) is 0.370. The molecule has 0 aliphatic carbocycles. The number of nitrogens with one attached hydrogen (secondary N) is 1. The van der Waals surface area contributed by atoms with E-state index in [1.807, 2.05) is 0 Å². The SMILES string of the molecule is CCS(=O)(=O)N(C)CC(=O)Nc1ccc(OCC(=O)O)cc1. The van der Waals surface area contributed by atoms with Gasteiger partial charge in [0.1, 0.15) is 5.75 Å². The van der Waals surface area contributed by atoms with Gasteiger partial charge in [0.05, 0.1) is 12.3 Å². The van der Waals surface area contributed by atoms with Crippen LogP contribution in [0.25, 0.3) is 0 Å². The molecule has 0 unspecified atom stereocenters. The Kier molecular flexibility index (Phi) is 6.32. The van der Waals surface area contributed by atoms with Crippen molar-refractivity contribution in [1.82, 2.24) is 4.31 Å². The average Bonchev–Trinajstić information content (AvgIpc) is 2.46. The van der Waals surface area contributed by atoms with Crippen LogP contribution in [0.4, 0.5) is 5.69 Å². The van der Waals surface area contributed by atoms with Crippen molar-refractivity contribution < 1.29 is 27.9 Å². The first-order valence-corrected chi connectivity index (χ1v) is 8.04. The van der Waals surface area contributed by atoms with Crippen LogP contribution < -0.4 is 10.1 Å². The van der Waals surface area contributed by atoms with Crippen LogP contribution >= 0.6 is 0 Å². The van der Waals surface area contributed by atoms with Crippen molar-refractivity contribution in [2.45, 2.75) is 6.92 Å². The molecule has 122 valence electrons. The van der Waals surface area contributed by atoms with E-state index in [2.05, 4.69) is 5.32 Å². The second-order valence-corrected chi connectivity index (χ2v) is 6.78. The quantitative estimate of drug-likeness (QED) is 0.712. The molecule has 0 saturated heterocycles. The summed E-state index contributed by atoms with van der Waals surface area (Å²) in [7, 11) is -2.08. The largest absolute Gasteiger partial charge is 0.482 e. The molecule has 1 aromatic carbocycles. The molecule has 0 aliphatic heterocycles. The molecule has 0 aromatic heterocycles. The van der Waals surface area contributed by atoms with Gasteiger partial charge in [-0.25, -0.2) is 13.2 Å². The fraction of sp³-hybridized carbons (Fsp3) is 0.385. The summed E-state index contributed by atoms with van der Waals surface area (Å²) in [6.07, 6.45) is 0. The summed E-state index contributed by atoms with van der Waals surface area (Å²) >= 11 is 0. The third-order valence-corrected chi connectivity index (χ3v) is 4.51. The summed E-state index contributed by atoms with van der Waals surface area (Å²) in [6, 6.07) is 6.07. The molecule has 0 spiro atoms. The van der Waals surface area contributed by atoms with E-state index in [0.29, 0.717) is 11.4 Å². The molecule has 0 aliphatic rings. The van der Waals surface area contributed by atoms with Gasteiger partial charge in [0.2, 0.25) is 15.9 Å². The zero-order valence-corrected chi connectivity index (χ0v) is 13.1. The van der Waals surface area contributed by atoms with Crippen LogP contribution in [0.15, 0.2) is 24.3 Å². The van der Waals surface area contributed by atoms with Gasteiger partial charge in [-0.3, -0.25) is 4.79 Å². The summed E-state index contributed by atoms with van der Waals surface area (Å²) in [6.45, 7) is 0.762. The van der Waals surface area contributed by atoms with Gasteiger partial charge in [-0.2, -0.15) is 4.31 Å². The number of likely N-dealkylation sites (N-methyl/N-ethyl adjacent to an activating group) is 1. The number of sulfonamides is 1. The van der Waals surface area contributed by atoms with E-state index in [1.54, 1.807) is 0 Å². The summed E-state index contributed by atoms with van der Waals surface area (Å²) in [5.41, 5.74) is 0.454. The number of aliphatic carboxylic acids is 1. The second-order valence-electron chi connectivity index (χ2n) is 4.41. The van der Waals surface area contributed by atoms with E-state index < -0.39 is 28.5 Å². The average molecular weight is 330 g/mol. The standard InChI is InChI=1S/C13H18N2O6S/c1-3-22(19,20)15(2)8-12(16)14-10-4-6-11(7-5-10)21-9-13(17)18/h4-7H,3,8-9H2,1-2H3,(H,14,16)(H,17,18). The number of nitrogens with zero attached hydrogens (tertiary/aromatic N) is 1. The minimum absolute atomic E-state index is 0.0770. The van der Waals surface area contributed by atoms with E-state index in [0.717, 1.165) is 4.31 Å². The molecule has 0 fully saturated rings. The lowest BCUT2D eigenvalue weighted by molar-refractivity contribution is -0.139. The molecule has 22 heavy (non-hydrogen) atoms. The van der Waals surface area contributed by atoms with Gasteiger partial charge >= 0.3 is 5.97 Å². The third kappa shape index (κ3) is 5.70. The Morgan fingerprint density at radius 2 is 1.86 bits per heavy atom.